The van der Waals surface area contributed by atoms with Crippen LogP contribution in [0.2, 0.25) is 5.02 Å². The van der Waals surface area contributed by atoms with E-state index in [9.17, 15) is 9.18 Å². The van der Waals surface area contributed by atoms with Gasteiger partial charge in [-0.05, 0) is 35.4 Å². The van der Waals surface area contributed by atoms with E-state index in [1.165, 1.54) is 6.07 Å². The summed E-state index contributed by atoms with van der Waals surface area (Å²) in [6.07, 6.45) is -1.24. The molecule has 0 saturated carbocycles. The first-order valence-electron chi connectivity index (χ1n) is 7.76. The second-order valence-electron chi connectivity index (χ2n) is 5.66. The summed E-state index contributed by atoms with van der Waals surface area (Å²) in [7, 11) is 0. The van der Waals surface area contributed by atoms with Crippen LogP contribution in [0, 0.1) is 12.7 Å². The fourth-order valence-corrected chi connectivity index (χ4v) is 2.74. The van der Waals surface area contributed by atoms with E-state index >= 15 is 0 Å². The quantitative estimate of drug-likeness (QED) is 0.690. The summed E-state index contributed by atoms with van der Waals surface area (Å²) in [6.45, 7) is 1.62. The van der Waals surface area contributed by atoms with Gasteiger partial charge in [-0.2, -0.15) is 0 Å². The highest BCUT2D eigenvalue weighted by atomic mass is 35.5. The standard InChI is InChI=1S/C18H15ClFN3O3/c1-10-22-23-17(26-10)9-16(21-18(24)25)14-8-12(4-7-15(14)20)11-2-5-13(19)6-3-11/h2-8,16,21H,9H2,1H3,(H,24,25). The minimum Gasteiger partial charge on any atom is -0.465 e. The third-order valence-corrected chi connectivity index (χ3v) is 4.05. The molecule has 0 fully saturated rings. The Morgan fingerprint density at radius 3 is 2.54 bits per heavy atom. The van der Waals surface area contributed by atoms with Crippen LogP contribution in [0.15, 0.2) is 46.9 Å². The number of benzene rings is 2. The van der Waals surface area contributed by atoms with Crippen LogP contribution in [0.1, 0.15) is 23.4 Å². The van der Waals surface area contributed by atoms with Gasteiger partial charge < -0.3 is 14.8 Å². The number of amides is 1. The van der Waals surface area contributed by atoms with Crippen molar-refractivity contribution in [2.24, 2.45) is 0 Å². The summed E-state index contributed by atoms with van der Waals surface area (Å²) in [5.41, 5.74) is 1.76. The van der Waals surface area contributed by atoms with E-state index in [1.807, 2.05) is 0 Å². The SMILES string of the molecule is Cc1nnc(CC(NC(=O)O)c2cc(-c3ccc(Cl)cc3)ccc2F)o1. The fourth-order valence-electron chi connectivity index (χ4n) is 2.62. The van der Waals surface area contributed by atoms with Crippen LogP contribution in [0.25, 0.3) is 11.1 Å². The number of hydrogen-bond donors (Lipinski definition) is 2. The molecule has 2 aromatic carbocycles. The number of nitrogens with one attached hydrogen (secondary N) is 1. The van der Waals surface area contributed by atoms with Crippen LogP contribution in [-0.4, -0.2) is 21.4 Å². The van der Waals surface area contributed by atoms with Crippen molar-refractivity contribution in [3.8, 4) is 11.1 Å². The Morgan fingerprint density at radius 1 is 1.23 bits per heavy atom. The van der Waals surface area contributed by atoms with Crippen LogP contribution in [0.4, 0.5) is 9.18 Å². The zero-order valence-corrected chi connectivity index (χ0v) is 14.5. The van der Waals surface area contributed by atoms with E-state index in [4.69, 9.17) is 21.1 Å². The Morgan fingerprint density at radius 2 is 1.92 bits per heavy atom. The predicted octanol–water partition coefficient (Wildman–Crippen LogP) is 4.39. The molecule has 134 valence electrons. The normalized spacial score (nSPS) is 12.0. The lowest BCUT2D eigenvalue weighted by atomic mass is 9.97. The van der Waals surface area contributed by atoms with Crippen LogP contribution in [0.3, 0.4) is 0 Å². The molecule has 0 spiro atoms. The number of hydrogen-bond acceptors (Lipinski definition) is 4. The molecule has 0 saturated heterocycles. The van der Waals surface area contributed by atoms with E-state index in [1.54, 1.807) is 43.3 Å². The molecule has 26 heavy (non-hydrogen) atoms. The van der Waals surface area contributed by atoms with Crippen molar-refractivity contribution in [3.05, 3.63) is 70.6 Å². The first-order chi connectivity index (χ1) is 12.4. The molecule has 1 aromatic heterocycles. The third-order valence-electron chi connectivity index (χ3n) is 3.79. The largest absolute Gasteiger partial charge is 0.465 e. The first-order valence-corrected chi connectivity index (χ1v) is 8.14. The number of aromatic nitrogens is 2. The Balaban J connectivity index is 1.97. The number of rotatable bonds is 5. The minimum absolute atomic E-state index is 0.0358. The number of carboxylic acid groups (broad SMARTS) is 1. The van der Waals surface area contributed by atoms with Crippen LogP contribution in [-0.2, 0) is 6.42 Å². The molecule has 1 atom stereocenters. The van der Waals surface area contributed by atoms with Gasteiger partial charge in [0, 0.05) is 17.5 Å². The van der Waals surface area contributed by atoms with Crippen LogP contribution < -0.4 is 5.32 Å². The molecule has 1 heterocycles. The summed E-state index contributed by atoms with van der Waals surface area (Å²) in [6, 6.07) is 10.7. The van der Waals surface area contributed by atoms with Crippen molar-refractivity contribution in [1.82, 2.24) is 15.5 Å². The topological polar surface area (TPSA) is 88.2 Å². The Kier molecular flexibility index (Phi) is 5.18. The van der Waals surface area contributed by atoms with E-state index in [-0.39, 0.29) is 17.9 Å². The maximum absolute atomic E-state index is 14.4. The monoisotopic (exact) mass is 375 g/mol. The van der Waals surface area contributed by atoms with Gasteiger partial charge in [0.25, 0.3) is 0 Å². The van der Waals surface area contributed by atoms with Gasteiger partial charge in [-0.1, -0.05) is 29.8 Å². The van der Waals surface area contributed by atoms with E-state index in [0.717, 1.165) is 11.1 Å². The molecular weight excluding hydrogens is 361 g/mol. The highest BCUT2D eigenvalue weighted by Crippen LogP contribution is 2.28. The van der Waals surface area contributed by atoms with Gasteiger partial charge in [0.15, 0.2) is 0 Å². The van der Waals surface area contributed by atoms with Crippen molar-refractivity contribution in [1.29, 1.82) is 0 Å². The molecule has 0 bridgehead atoms. The van der Waals surface area contributed by atoms with Gasteiger partial charge in [-0.3, -0.25) is 0 Å². The van der Waals surface area contributed by atoms with Gasteiger partial charge in [-0.15, -0.1) is 10.2 Å². The lowest BCUT2D eigenvalue weighted by Crippen LogP contribution is -2.29. The minimum atomic E-state index is -1.28. The molecule has 0 radical (unpaired) electrons. The molecule has 3 rings (SSSR count). The molecule has 0 aliphatic carbocycles. The second-order valence-corrected chi connectivity index (χ2v) is 6.10. The van der Waals surface area contributed by atoms with Crippen molar-refractivity contribution in [2.45, 2.75) is 19.4 Å². The summed E-state index contributed by atoms with van der Waals surface area (Å²) in [4.78, 5) is 11.2. The van der Waals surface area contributed by atoms with Gasteiger partial charge in [0.05, 0.1) is 12.5 Å². The lowest BCUT2D eigenvalue weighted by Gasteiger charge is -2.17. The molecule has 2 N–H and O–H groups in total. The summed E-state index contributed by atoms with van der Waals surface area (Å²) in [5, 5.41) is 19.6. The van der Waals surface area contributed by atoms with Crippen molar-refractivity contribution < 1.29 is 18.7 Å². The summed E-state index contributed by atoms with van der Waals surface area (Å²) >= 11 is 5.90. The lowest BCUT2D eigenvalue weighted by molar-refractivity contribution is 0.189. The summed E-state index contributed by atoms with van der Waals surface area (Å²) < 4.78 is 19.7. The van der Waals surface area contributed by atoms with E-state index in [0.29, 0.717) is 10.9 Å². The maximum atomic E-state index is 14.4. The van der Waals surface area contributed by atoms with E-state index < -0.39 is 18.0 Å². The molecule has 1 unspecified atom stereocenters. The smallest absolute Gasteiger partial charge is 0.405 e. The van der Waals surface area contributed by atoms with Crippen LogP contribution >= 0.6 is 11.6 Å². The number of halogens is 2. The molecular formula is C18H15ClFN3O3. The van der Waals surface area contributed by atoms with Crippen LogP contribution in [0.5, 0.6) is 0 Å². The molecule has 6 nitrogen and oxygen atoms in total. The van der Waals surface area contributed by atoms with E-state index in [2.05, 4.69) is 15.5 Å². The number of nitrogens with zero attached hydrogens (tertiary/aromatic N) is 2. The second kappa shape index (κ2) is 7.53. The molecule has 1 amide bonds. The highest BCUT2D eigenvalue weighted by molar-refractivity contribution is 6.30. The molecule has 3 aromatic rings. The van der Waals surface area contributed by atoms with Crippen molar-refractivity contribution in [2.75, 3.05) is 0 Å². The highest BCUT2D eigenvalue weighted by Gasteiger charge is 2.22. The van der Waals surface area contributed by atoms with Gasteiger partial charge in [-0.25, -0.2) is 9.18 Å². The Labute approximate surface area is 153 Å². The van der Waals surface area contributed by atoms with Gasteiger partial charge in [0.2, 0.25) is 11.8 Å². The van der Waals surface area contributed by atoms with Crippen molar-refractivity contribution in [3.63, 3.8) is 0 Å². The number of carbonyl (C=O) groups is 1. The zero-order chi connectivity index (χ0) is 18.7. The molecule has 8 heteroatoms. The molecule has 0 aliphatic rings. The molecule has 0 aliphatic heterocycles. The summed E-state index contributed by atoms with van der Waals surface area (Å²) in [5.74, 6) is 0.0414. The third kappa shape index (κ3) is 4.18. The Hall–Kier alpha value is -2.93. The van der Waals surface area contributed by atoms with Gasteiger partial charge >= 0.3 is 6.09 Å². The Bertz CT molecular complexity index is 928. The average molecular weight is 376 g/mol. The van der Waals surface area contributed by atoms with Gasteiger partial charge in [0.1, 0.15) is 5.82 Å². The maximum Gasteiger partial charge on any atom is 0.405 e. The fraction of sp³-hybridized carbons (Fsp3) is 0.167. The average Bonchev–Trinajstić information content (AvgIpc) is 3.00. The predicted molar refractivity (Wildman–Crippen MR) is 93.5 cm³/mol. The van der Waals surface area contributed by atoms with Crippen molar-refractivity contribution >= 4 is 17.7 Å². The number of aryl methyl sites for hydroxylation is 1. The first kappa shape index (κ1) is 17.9. The zero-order valence-electron chi connectivity index (χ0n) is 13.7.